The van der Waals surface area contributed by atoms with Crippen LogP contribution in [0.5, 0.6) is 0 Å². The molecule has 1 aromatic carbocycles. The van der Waals surface area contributed by atoms with E-state index in [9.17, 15) is 18.0 Å². The normalized spacial score (nSPS) is 17.0. The van der Waals surface area contributed by atoms with Crippen molar-refractivity contribution in [1.29, 1.82) is 0 Å². The lowest BCUT2D eigenvalue weighted by atomic mass is 9.95. The maximum absolute atomic E-state index is 11.8. The lowest BCUT2D eigenvalue weighted by molar-refractivity contribution is -0.494. The lowest BCUT2D eigenvalue weighted by Crippen LogP contribution is -2.87. The number of ether oxygens (including phenoxy) is 1. The Bertz CT molecular complexity index is 814. The van der Waals surface area contributed by atoms with Gasteiger partial charge in [0.1, 0.15) is 0 Å². The summed E-state index contributed by atoms with van der Waals surface area (Å²) >= 11 is 0. The fourth-order valence-corrected chi connectivity index (χ4v) is 2.23. The second-order valence-electron chi connectivity index (χ2n) is 6.73. The van der Waals surface area contributed by atoms with Crippen molar-refractivity contribution in [1.82, 2.24) is 5.32 Å². The van der Waals surface area contributed by atoms with Crippen molar-refractivity contribution < 1.29 is 40.7 Å². The molecule has 27 heavy (non-hydrogen) atoms. The molecule has 0 radical (unpaired) electrons. The standard InChI is InChI=1S/C15H20N2O2.CHF3O3S/c1-15(2,3)17-13-11-8-6-5-7-10(11)9-12(16-13)14(18)19-4;2-1(3,4)8(5,6)7/h5-8,12H,9H2,1-4H3,(H,16,17);(H,5,6,7)/t12-;/m0./s1. The molecule has 0 amide bonds. The third kappa shape index (κ3) is 6.83. The van der Waals surface area contributed by atoms with E-state index in [0.29, 0.717) is 6.42 Å². The molecule has 2 rings (SSSR count). The predicted octanol–water partition coefficient (Wildman–Crippen LogP) is 0.0510. The first-order valence-corrected chi connectivity index (χ1v) is 9.16. The number of alkyl halides is 3. The summed E-state index contributed by atoms with van der Waals surface area (Å²) < 4.78 is 63.7. The van der Waals surface area contributed by atoms with Crippen LogP contribution in [0.25, 0.3) is 0 Å². The molecule has 0 aliphatic carbocycles. The summed E-state index contributed by atoms with van der Waals surface area (Å²) in [6.45, 7) is 6.27. The third-order valence-corrected chi connectivity index (χ3v) is 3.87. The molecule has 1 aliphatic rings. The third-order valence-electron chi connectivity index (χ3n) is 3.30. The van der Waals surface area contributed by atoms with Crippen LogP contribution in [0.3, 0.4) is 0 Å². The van der Waals surface area contributed by atoms with E-state index in [1.807, 2.05) is 12.1 Å². The smallest absolute Gasteiger partial charge is 0.485 e. The molecule has 0 bridgehead atoms. The molecule has 2 N–H and O–H groups in total. The summed E-state index contributed by atoms with van der Waals surface area (Å²) in [6.07, 6.45) is 0.651. The van der Waals surface area contributed by atoms with Crippen LogP contribution in [0.4, 0.5) is 13.2 Å². The van der Waals surface area contributed by atoms with E-state index >= 15 is 0 Å². The molecule has 0 unspecified atom stereocenters. The zero-order valence-corrected chi connectivity index (χ0v) is 16.0. The van der Waals surface area contributed by atoms with Gasteiger partial charge < -0.3 is 9.29 Å². The average molecular weight is 410 g/mol. The molecule has 1 aromatic rings. The molecule has 1 heterocycles. The van der Waals surface area contributed by atoms with Crippen molar-refractivity contribution in [2.45, 2.75) is 44.3 Å². The van der Waals surface area contributed by atoms with E-state index in [-0.39, 0.29) is 17.6 Å². The van der Waals surface area contributed by atoms with Gasteiger partial charge in [-0.2, -0.15) is 13.2 Å². The maximum atomic E-state index is 11.8. The van der Waals surface area contributed by atoms with Gasteiger partial charge in [0.15, 0.2) is 16.2 Å². The number of nitrogens with one attached hydrogen (secondary N) is 2. The van der Waals surface area contributed by atoms with Crippen LogP contribution in [0.1, 0.15) is 31.9 Å². The van der Waals surface area contributed by atoms with Crippen molar-refractivity contribution in [2.24, 2.45) is 0 Å². The zero-order chi connectivity index (χ0) is 21.0. The van der Waals surface area contributed by atoms with Gasteiger partial charge in [-0.1, -0.05) is 18.2 Å². The van der Waals surface area contributed by atoms with Crippen LogP contribution in [0.15, 0.2) is 24.3 Å². The summed E-state index contributed by atoms with van der Waals surface area (Å²) in [5.74, 6) is 0.660. The number of rotatable bonds is 1. The van der Waals surface area contributed by atoms with Gasteiger partial charge in [0, 0.05) is 6.42 Å². The first-order valence-electron chi connectivity index (χ1n) is 7.75. The summed E-state index contributed by atoms with van der Waals surface area (Å²) in [7, 11) is -4.67. The van der Waals surface area contributed by atoms with E-state index in [4.69, 9.17) is 17.7 Å². The van der Waals surface area contributed by atoms with Gasteiger partial charge in [0.25, 0.3) is 5.84 Å². The molecule has 1 aliphatic heterocycles. The number of amidine groups is 1. The first-order chi connectivity index (χ1) is 12.2. The van der Waals surface area contributed by atoms with Gasteiger partial charge in [-0.25, -0.2) is 13.2 Å². The van der Waals surface area contributed by atoms with Crippen LogP contribution in [-0.4, -0.2) is 49.0 Å². The quantitative estimate of drug-likeness (QED) is 0.385. The van der Waals surface area contributed by atoms with Gasteiger partial charge in [-0.3, -0.25) is 10.3 Å². The average Bonchev–Trinajstić information content (AvgIpc) is 2.51. The Kier molecular flexibility index (Phi) is 7.00. The molecular weight excluding hydrogens is 389 g/mol. The summed E-state index contributed by atoms with van der Waals surface area (Å²) in [6, 6.07) is 7.78. The topological polar surface area (TPSA) is 110 Å². The number of carbonyl (C=O) groups is 1. The Labute approximate surface area is 155 Å². The summed E-state index contributed by atoms with van der Waals surface area (Å²) in [4.78, 5) is 15.0. The van der Waals surface area contributed by atoms with E-state index < -0.39 is 15.6 Å². The van der Waals surface area contributed by atoms with Gasteiger partial charge in [-0.15, -0.1) is 0 Å². The second kappa shape index (κ2) is 8.26. The first kappa shape index (κ1) is 22.9. The highest BCUT2D eigenvalue weighted by Crippen LogP contribution is 2.20. The Hall–Kier alpha value is -2.14. The molecule has 0 fully saturated rings. The highest BCUT2D eigenvalue weighted by molar-refractivity contribution is 7.86. The SMILES string of the molecule is COC(=O)[C@@H]1Cc2ccccc2C(NC(C)(C)C)=[NH+]1.O=S(=O)([O-])C(F)(F)F. The number of hydrogen-bond donors (Lipinski definition) is 2. The molecule has 1 atom stereocenters. The van der Waals surface area contributed by atoms with Crippen LogP contribution in [-0.2, 0) is 26.1 Å². The molecule has 0 saturated carbocycles. The molecule has 0 saturated heterocycles. The van der Waals surface area contributed by atoms with Crippen molar-refractivity contribution in [3.05, 3.63) is 35.4 Å². The highest BCUT2D eigenvalue weighted by atomic mass is 32.2. The van der Waals surface area contributed by atoms with Gasteiger partial charge in [0.2, 0.25) is 0 Å². The Balaban J connectivity index is 0.000000387. The minimum absolute atomic E-state index is 0.0759. The Morgan fingerprint density at radius 2 is 1.78 bits per heavy atom. The van der Waals surface area contributed by atoms with Crippen LogP contribution in [0, 0.1) is 0 Å². The number of fused-ring (bicyclic) bond motifs is 1. The largest absolute Gasteiger partial charge is 0.741 e. The number of benzene rings is 1. The Morgan fingerprint density at radius 3 is 2.22 bits per heavy atom. The monoisotopic (exact) mass is 410 g/mol. The number of halogens is 3. The van der Waals surface area contributed by atoms with Gasteiger partial charge in [0.05, 0.1) is 18.2 Å². The molecule has 11 heteroatoms. The minimum Gasteiger partial charge on any atom is -0.741 e. The highest BCUT2D eigenvalue weighted by Gasteiger charge is 2.37. The Morgan fingerprint density at radius 1 is 1.26 bits per heavy atom. The molecule has 152 valence electrons. The van der Waals surface area contributed by atoms with Crippen LogP contribution in [0.2, 0.25) is 0 Å². The number of hydrogen-bond acceptors (Lipinski definition) is 6. The number of carbonyl (C=O) groups excluding carboxylic acids is 1. The van der Waals surface area contributed by atoms with Crippen molar-refractivity contribution >= 4 is 21.9 Å². The molecule has 7 nitrogen and oxygen atoms in total. The van der Waals surface area contributed by atoms with E-state index in [1.165, 1.54) is 7.11 Å². The van der Waals surface area contributed by atoms with Crippen LogP contribution >= 0.6 is 0 Å². The van der Waals surface area contributed by atoms with Crippen molar-refractivity contribution in [3.63, 3.8) is 0 Å². The fraction of sp³-hybridized carbons (Fsp3) is 0.500. The van der Waals surface area contributed by atoms with E-state index in [2.05, 4.69) is 43.2 Å². The summed E-state index contributed by atoms with van der Waals surface area (Å²) in [5, 5.41) is 3.42. The fourth-order valence-electron chi connectivity index (χ4n) is 2.23. The molecule has 0 aromatic heterocycles. The van der Waals surface area contributed by atoms with Crippen molar-refractivity contribution in [2.75, 3.05) is 7.11 Å². The number of methoxy groups -OCH3 is 1. The minimum atomic E-state index is -6.09. The maximum Gasteiger partial charge on any atom is 0.485 e. The predicted molar refractivity (Wildman–Crippen MR) is 89.7 cm³/mol. The lowest BCUT2D eigenvalue weighted by Gasteiger charge is -2.23. The van der Waals surface area contributed by atoms with Crippen LogP contribution < -0.4 is 10.3 Å². The zero-order valence-electron chi connectivity index (χ0n) is 15.2. The number of esters is 1. The van der Waals surface area contributed by atoms with Crippen molar-refractivity contribution in [3.8, 4) is 0 Å². The summed E-state index contributed by atoms with van der Waals surface area (Å²) in [5.41, 5.74) is -3.44. The van der Waals surface area contributed by atoms with E-state index in [1.54, 1.807) is 0 Å². The molecular formula is C16H21F3N2O5S. The van der Waals surface area contributed by atoms with Gasteiger partial charge in [-0.05, 0) is 32.4 Å². The second-order valence-corrected chi connectivity index (χ2v) is 8.10. The van der Waals surface area contributed by atoms with Gasteiger partial charge >= 0.3 is 11.5 Å². The molecule has 0 spiro atoms. The van der Waals surface area contributed by atoms with E-state index in [0.717, 1.165) is 17.0 Å².